The molecule has 3 nitrogen and oxygen atoms in total. The summed E-state index contributed by atoms with van der Waals surface area (Å²) < 4.78 is 2.89. The van der Waals surface area contributed by atoms with Crippen molar-refractivity contribution in [1.82, 2.24) is 9.78 Å². The fraction of sp³-hybridized carbons (Fsp3) is 0.0588. The summed E-state index contributed by atoms with van der Waals surface area (Å²) in [6.45, 7) is 0. The maximum absolute atomic E-state index is 12.3. The number of nitrogens with zero attached hydrogens (tertiary/aromatic N) is 2. The average molecular weight is 388 g/mol. The molecule has 0 aliphatic carbocycles. The summed E-state index contributed by atoms with van der Waals surface area (Å²) in [6.07, 6.45) is 2.19. The van der Waals surface area contributed by atoms with Gasteiger partial charge in [0, 0.05) is 16.2 Å². The van der Waals surface area contributed by atoms with Gasteiger partial charge in [0.15, 0.2) is 5.78 Å². The highest BCUT2D eigenvalue weighted by atomic mass is 127. The minimum Gasteiger partial charge on any atom is -0.292 e. The highest BCUT2D eigenvalue weighted by Gasteiger charge is 2.11. The van der Waals surface area contributed by atoms with Crippen molar-refractivity contribution in [1.29, 1.82) is 0 Å². The molecule has 1 heterocycles. The monoisotopic (exact) mass is 388 g/mol. The first kappa shape index (κ1) is 14.0. The third-order valence-corrected chi connectivity index (χ3v) is 3.89. The summed E-state index contributed by atoms with van der Waals surface area (Å²) in [7, 11) is 0. The van der Waals surface area contributed by atoms with Gasteiger partial charge in [-0.15, -0.1) is 0 Å². The van der Waals surface area contributed by atoms with Gasteiger partial charge in [-0.25, -0.2) is 4.68 Å². The Bertz CT molecular complexity index is 748. The number of carbonyl (C=O) groups is 1. The Morgan fingerprint density at radius 3 is 2.43 bits per heavy atom. The normalized spacial score (nSPS) is 10.5. The van der Waals surface area contributed by atoms with Gasteiger partial charge < -0.3 is 0 Å². The van der Waals surface area contributed by atoms with Crippen molar-refractivity contribution in [3.63, 3.8) is 0 Å². The van der Waals surface area contributed by atoms with Crippen LogP contribution in [0.2, 0.25) is 0 Å². The number of ketones is 1. The van der Waals surface area contributed by atoms with Crippen molar-refractivity contribution in [2.75, 3.05) is 0 Å². The topological polar surface area (TPSA) is 34.9 Å². The molecular formula is C17H13IN2O. The molecule has 21 heavy (non-hydrogen) atoms. The van der Waals surface area contributed by atoms with E-state index in [4.69, 9.17) is 0 Å². The zero-order valence-electron chi connectivity index (χ0n) is 11.2. The summed E-state index contributed by atoms with van der Waals surface area (Å²) in [4.78, 5) is 12.3. The van der Waals surface area contributed by atoms with Crippen LogP contribution in [-0.2, 0) is 6.42 Å². The van der Waals surface area contributed by atoms with E-state index in [1.165, 1.54) is 0 Å². The number of hydrogen-bond acceptors (Lipinski definition) is 2. The predicted molar refractivity (Wildman–Crippen MR) is 90.8 cm³/mol. The first-order chi connectivity index (χ1) is 10.2. The van der Waals surface area contributed by atoms with Gasteiger partial charge in [-0.3, -0.25) is 4.79 Å². The van der Waals surface area contributed by atoms with Gasteiger partial charge in [-0.1, -0.05) is 30.3 Å². The first-order valence-electron chi connectivity index (χ1n) is 6.61. The summed E-state index contributed by atoms with van der Waals surface area (Å²) in [6, 6.07) is 19.5. The highest BCUT2D eigenvalue weighted by molar-refractivity contribution is 14.1. The lowest BCUT2D eigenvalue weighted by molar-refractivity contribution is 0.0988. The molecule has 0 radical (unpaired) electrons. The van der Waals surface area contributed by atoms with Gasteiger partial charge in [0.1, 0.15) is 5.69 Å². The molecule has 0 saturated carbocycles. The molecule has 0 unspecified atom stereocenters. The summed E-state index contributed by atoms with van der Waals surface area (Å²) in [5.74, 6) is 0.0332. The van der Waals surface area contributed by atoms with Crippen LogP contribution in [0.15, 0.2) is 66.9 Å². The molecule has 4 heteroatoms. The number of aromatic nitrogens is 2. The molecule has 2 aromatic carbocycles. The van der Waals surface area contributed by atoms with E-state index in [2.05, 4.69) is 27.7 Å². The summed E-state index contributed by atoms with van der Waals surface area (Å²) in [5.41, 5.74) is 2.46. The average Bonchev–Trinajstić information content (AvgIpc) is 3.00. The smallest absolute Gasteiger partial charge is 0.187 e. The van der Waals surface area contributed by atoms with Crippen molar-refractivity contribution in [3.05, 3.63) is 81.7 Å². The van der Waals surface area contributed by atoms with Gasteiger partial charge in [-0.05, 0) is 58.5 Å². The number of Topliss-reactive ketones (excluding diaryl/α,β-unsaturated/α-hetero) is 1. The third-order valence-electron chi connectivity index (χ3n) is 3.17. The molecule has 104 valence electrons. The zero-order chi connectivity index (χ0) is 14.7. The zero-order valence-corrected chi connectivity index (χ0v) is 13.4. The molecule has 0 amide bonds. The van der Waals surface area contributed by atoms with Crippen LogP contribution in [0.25, 0.3) is 5.69 Å². The number of benzene rings is 2. The lowest BCUT2D eigenvalue weighted by atomic mass is 10.1. The summed E-state index contributed by atoms with van der Waals surface area (Å²) in [5, 5.41) is 4.36. The van der Waals surface area contributed by atoms with E-state index in [1.54, 1.807) is 10.7 Å². The van der Waals surface area contributed by atoms with Gasteiger partial charge in [-0.2, -0.15) is 5.10 Å². The molecule has 1 aromatic heterocycles. The number of hydrogen-bond donors (Lipinski definition) is 0. The van der Waals surface area contributed by atoms with Gasteiger partial charge in [0.25, 0.3) is 0 Å². The quantitative estimate of drug-likeness (QED) is 0.502. The molecular weight excluding hydrogens is 375 g/mol. The minimum atomic E-state index is 0.0332. The van der Waals surface area contributed by atoms with Crippen molar-refractivity contribution >= 4 is 28.4 Å². The molecule has 3 rings (SSSR count). The van der Waals surface area contributed by atoms with Crippen LogP contribution in [-0.4, -0.2) is 15.6 Å². The number of carbonyl (C=O) groups excluding carboxylic acids is 1. The van der Waals surface area contributed by atoms with E-state index in [0.717, 1.165) is 14.8 Å². The van der Waals surface area contributed by atoms with E-state index >= 15 is 0 Å². The van der Waals surface area contributed by atoms with E-state index in [9.17, 15) is 4.79 Å². The van der Waals surface area contributed by atoms with Crippen LogP contribution in [0.1, 0.15) is 16.1 Å². The fourth-order valence-electron chi connectivity index (χ4n) is 2.08. The van der Waals surface area contributed by atoms with Crippen molar-refractivity contribution in [2.24, 2.45) is 0 Å². The second-order valence-electron chi connectivity index (χ2n) is 4.71. The van der Waals surface area contributed by atoms with E-state index in [1.807, 2.05) is 60.8 Å². The van der Waals surface area contributed by atoms with Gasteiger partial charge >= 0.3 is 0 Å². The van der Waals surface area contributed by atoms with Crippen LogP contribution in [0.5, 0.6) is 0 Å². The Balaban J connectivity index is 1.77. The Morgan fingerprint density at radius 2 is 1.71 bits per heavy atom. The lowest BCUT2D eigenvalue weighted by Gasteiger charge is -2.01. The van der Waals surface area contributed by atoms with Crippen LogP contribution in [0.3, 0.4) is 0 Å². The van der Waals surface area contributed by atoms with Gasteiger partial charge in [0.2, 0.25) is 0 Å². The second-order valence-corrected chi connectivity index (χ2v) is 5.95. The second kappa shape index (κ2) is 6.22. The minimum absolute atomic E-state index is 0.0332. The van der Waals surface area contributed by atoms with E-state index in [-0.39, 0.29) is 5.78 Å². The molecule has 0 bridgehead atoms. The molecule has 0 spiro atoms. The van der Waals surface area contributed by atoms with Crippen molar-refractivity contribution in [2.45, 2.75) is 6.42 Å². The number of para-hydroxylation sites is 1. The lowest BCUT2D eigenvalue weighted by Crippen LogP contribution is -2.05. The maximum Gasteiger partial charge on any atom is 0.187 e. The van der Waals surface area contributed by atoms with E-state index < -0.39 is 0 Å². The maximum atomic E-state index is 12.3. The Kier molecular flexibility index (Phi) is 4.15. The Labute approximate surface area is 136 Å². The molecule has 0 N–H and O–H groups in total. The molecule has 3 aromatic rings. The Morgan fingerprint density at radius 1 is 1.00 bits per heavy atom. The van der Waals surface area contributed by atoms with Gasteiger partial charge in [0.05, 0.1) is 5.69 Å². The highest BCUT2D eigenvalue weighted by Crippen LogP contribution is 2.11. The number of halogens is 1. The molecule has 0 aliphatic heterocycles. The van der Waals surface area contributed by atoms with Crippen LogP contribution >= 0.6 is 22.6 Å². The SMILES string of the molecule is O=C(Cc1ccc(I)cc1)c1ccn(-c2ccccc2)n1. The third kappa shape index (κ3) is 3.39. The summed E-state index contributed by atoms with van der Waals surface area (Å²) >= 11 is 2.25. The molecule has 0 fully saturated rings. The van der Waals surface area contributed by atoms with Crippen molar-refractivity contribution in [3.8, 4) is 5.69 Å². The first-order valence-corrected chi connectivity index (χ1v) is 7.69. The largest absolute Gasteiger partial charge is 0.292 e. The van der Waals surface area contributed by atoms with E-state index in [0.29, 0.717) is 12.1 Å². The molecule has 0 saturated heterocycles. The van der Waals surface area contributed by atoms with Crippen LogP contribution < -0.4 is 0 Å². The van der Waals surface area contributed by atoms with Crippen LogP contribution in [0, 0.1) is 3.57 Å². The standard InChI is InChI=1S/C17H13IN2O/c18-14-8-6-13(7-9-14)12-17(21)16-10-11-20(19-16)15-4-2-1-3-5-15/h1-11H,12H2. The van der Waals surface area contributed by atoms with Crippen LogP contribution in [0.4, 0.5) is 0 Å². The predicted octanol–water partition coefficient (Wildman–Crippen LogP) is 3.90. The fourth-order valence-corrected chi connectivity index (χ4v) is 2.43. The number of rotatable bonds is 4. The van der Waals surface area contributed by atoms with Crippen molar-refractivity contribution < 1.29 is 4.79 Å². The molecule has 0 aliphatic rings. The molecule has 0 atom stereocenters. The Hall–Kier alpha value is -1.95.